The van der Waals surface area contributed by atoms with Gasteiger partial charge in [0.15, 0.2) is 0 Å². The summed E-state index contributed by atoms with van der Waals surface area (Å²) in [5, 5.41) is 24.9. The van der Waals surface area contributed by atoms with Crippen LogP contribution in [0.25, 0.3) is 0 Å². The molecule has 0 saturated carbocycles. The molecular formula is C17H22N4O3. The number of aromatic nitrogens is 2. The molecule has 0 spiro atoms. The van der Waals surface area contributed by atoms with Gasteiger partial charge in [-0.05, 0) is 24.8 Å². The van der Waals surface area contributed by atoms with Gasteiger partial charge in [0.05, 0.1) is 17.6 Å². The summed E-state index contributed by atoms with van der Waals surface area (Å²) in [6.07, 6.45) is 3.02. The smallest absolute Gasteiger partial charge is 0.306 e. The Morgan fingerprint density at radius 2 is 2.12 bits per heavy atom. The summed E-state index contributed by atoms with van der Waals surface area (Å²) in [6.45, 7) is 3.89. The van der Waals surface area contributed by atoms with E-state index in [1.807, 2.05) is 6.07 Å². The third-order valence-corrected chi connectivity index (χ3v) is 4.65. The number of β-amino-alcohol motifs (C(OH)–C–C–N with tert-alkyl or cyclic N) is 1. The van der Waals surface area contributed by atoms with Crippen molar-refractivity contribution in [2.75, 3.05) is 13.1 Å². The molecule has 1 aromatic heterocycles. The first-order valence-electron chi connectivity index (χ1n) is 8.17. The zero-order chi connectivity index (χ0) is 17.1. The molecule has 1 saturated heterocycles. The minimum Gasteiger partial charge on any atom is -0.390 e. The molecule has 0 amide bonds. The third kappa shape index (κ3) is 3.80. The van der Waals surface area contributed by atoms with E-state index in [9.17, 15) is 15.2 Å². The maximum absolute atomic E-state index is 10.7. The molecular weight excluding hydrogens is 308 g/mol. The third-order valence-electron chi connectivity index (χ3n) is 4.65. The predicted octanol–water partition coefficient (Wildman–Crippen LogP) is 2.03. The highest BCUT2D eigenvalue weighted by Gasteiger charge is 2.31. The Hall–Kier alpha value is -2.25. The van der Waals surface area contributed by atoms with Gasteiger partial charge in [-0.2, -0.15) is 5.10 Å². The highest BCUT2D eigenvalue weighted by atomic mass is 16.6. The number of hydrogen-bond acceptors (Lipinski definition) is 5. The molecule has 1 aliphatic rings. The number of aliphatic hydroxyl groups excluding tert-OH is 1. The van der Waals surface area contributed by atoms with Gasteiger partial charge in [-0.15, -0.1) is 0 Å². The SMILES string of the molecule is CC1CC(c2ccccc2)CN1CC(O)Cn1cc([N+](=O)[O-])cn1. The van der Waals surface area contributed by atoms with Crippen molar-refractivity contribution in [1.82, 2.24) is 14.7 Å². The van der Waals surface area contributed by atoms with Crippen molar-refractivity contribution in [2.24, 2.45) is 0 Å². The van der Waals surface area contributed by atoms with Gasteiger partial charge in [-0.25, -0.2) is 0 Å². The highest BCUT2D eigenvalue weighted by molar-refractivity contribution is 5.22. The van der Waals surface area contributed by atoms with Crippen molar-refractivity contribution in [3.63, 3.8) is 0 Å². The van der Waals surface area contributed by atoms with Gasteiger partial charge in [0.25, 0.3) is 0 Å². The maximum atomic E-state index is 10.7. The number of likely N-dealkylation sites (tertiary alicyclic amines) is 1. The summed E-state index contributed by atoms with van der Waals surface area (Å²) in [5.74, 6) is 0.485. The molecule has 2 aromatic rings. The van der Waals surface area contributed by atoms with Gasteiger partial charge >= 0.3 is 5.69 Å². The van der Waals surface area contributed by atoms with Gasteiger partial charge in [-0.1, -0.05) is 30.3 Å². The number of hydrogen-bond donors (Lipinski definition) is 1. The zero-order valence-electron chi connectivity index (χ0n) is 13.7. The summed E-state index contributed by atoms with van der Waals surface area (Å²) in [5.41, 5.74) is 1.28. The van der Waals surface area contributed by atoms with Gasteiger partial charge in [0.2, 0.25) is 0 Å². The van der Waals surface area contributed by atoms with Crippen molar-refractivity contribution < 1.29 is 10.0 Å². The molecule has 0 aliphatic carbocycles. The van der Waals surface area contributed by atoms with Crippen LogP contribution in [0.15, 0.2) is 42.7 Å². The van der Waals surface area contributed by atoms with Gasteiger partial charge in [-0.3, -0.25) is 19.7 Å². The first-order valence-corrected chi connectivity index (χ1v) is 8.17. The van der Waals surface area contributed by atoms with Crippen molar-refractivity contribution >= 4 is 5.69 Å². The molecule has 3 atom stereocenters. The Labute approximate surface area is 140 Å². The summed E-state index contributed by atoms with van der Waals surface area (Å²) >= 11 is 0. The van der Waals surface area contributed by atoms with Gasteiger partial charge in [0, 0.05) is 19.1 Å². The highest BCUT2D eigenvalue weighted by Crippen LogP contribution is 2.31. The summed E-state index contributed by atoms with van der Waals surface area (Å²) < 4.78 is 1.43. The Bertz CT molecular complexity index is 688. The summed E-state index contributed by atoms with van der Waals surface area (Å²) in [4.78, 5) is 12.5. The fraction of sp³-hybridized carbons (Fsp3) is 0.471. The van der Waals surface area contributed by atoms with Crippen LogP contribution in [0, 0.1) is 10.1 Å². The van der Waals surface area contributed by atoms with E-state index in [-0.39, 0.29) is 12.2 Å². The average molecular weight is 330 g/mol. The molecule has 1 aliphatic heterocycles. The molecule has 3 unspecified atom stereocenters. The molecule has 1 fully saturated rings. The van der Waals surface area contributed by atoms with E-state index < -0.39 is 11.0 Å². The van der Waals surface area contributed by atoms with E-state index in [1.54, 1.807) is 0 Å². The van der Waals surface area contributed by atoms with E-state index >= 15 is 0 Å². The molecule has 7 nitrogen and oxygen atoms in total. The van der Waals surface area contributed by atoms with Crippen LogP contribution in [0.2, 0.25) is 0 Å². The van der Waals surface area contributed by atoms with Crippen molar-refractivity contribution in [3.05, 3.63) is 58.4 Å². The second-order valence-corrected chi connectivity index (χ2v) is 6.48. The van der Waals surface area contributed by atoms with Gasteiger partial charge in [0.1, 0.15) is 12.4 Å². The number of benzene rings is 1. The van der Waals surface area contributed by atoms with Crippen LogP contribution in [-0.4, -0.2) is 49.9 Å². The Morgan fingerprint density at radius 1 is 1.38 bits per heavy atom. The number of nitro groups is 1. The normalized spacial score (nSPS) is 22.6. The second-order valence-electron chi connectivity index (χ2n) is 6.48. The zero-order valence-corrected chi connectivity index (χ0v) is 13.7. The molecule has 7 heteroatoms. The van der Waals surface area contributed by atoms with E-state index in [1.165, 1.54) is 22.6 Å². The first kappa shape index (κ1) is 16.6. The fourth-order valence-corrected chi connectivity index (χ4v) is 3.41. The van der Waals surface area contributed by atoms with Crippen LogP contribution in [0.4, 0.5) is 5.69 Å². The molecule has 24 heavy (non-hydrogen) atoms. The van der Waals surface area contributed by atoms with Crippen LogP contribution in [0.3, 0.4) is 0 Å². The van der Waals surface area contributed by atoms with E-state index in [4.69, 9.17) is 0 Å². The lowest BCUT2D eigenvalue weighted by atomic mass is 9.97. The monoisotopic (exact) mass is 330 g/mol. The molecule has 128 valence electrons. The van der Waals surface area contributed by atoms with E-state index in [2.05, 4.69) is 41.2 Å². The first-order chi connectivity index (χ1) is 11.5. The number of rotatable bonds is 6. The Morgan fingerprint density at radius 3 is 2.79 bits per heavy atom. The second kappa shape index (κ2) is 7.11. The lowest BCUT2D eigenvalue weighted by Gasteiger charge is -2.24. The molecule has 2 heterocycles. The Kier molecular flexibility index (Phi) is 4.92. The number of nitrogens with zero attached hydrogens (tertiary/aromatic N) is 4. The van der Waals surface area contributed by atoms with Crippen LogP contribution in [0.1, 0.15) is 24.8 Å². The quantitative estimate of drug-likeness (QED) is 0.647. The summed E-state index contributed by atoms with van der Waals surface area (Å²) in [7, 11) is 0. The van der Waals surface area contributed by atoms with Crippen LogP contribution < -0.4 is 0 Å². The topological polar surface area (TPSA) is 84.4 Å². The Balaban J connectivity index is 1.56. The maximum Gasteiger partial charge on any atom is 0.306 e. The lowest BCUT2D eigenvalue weighted by Crippen LogP contribution is -2.37. The van der Waals surface area contributed by atoms with Crippen LogP contribution >= 0.6 is 0 Å². The minimum atomic E-state index is -0.610. The van der Waals surface area contributed by atoms with Crippen molar-refractivity contribution in [3.8, 4) is 0 Å². The van der Waals surface area contributed by atoms with E-state index in [0.717, 1.165) is 13.0 Å². The molecule has 1 aromatic carbocycles. The minimum absolute atomic E-state index is 0.0547. The van der Waals surface area contributed by atoms with Crippen molar-refractivity contribution in [2.45, 2.75) is 38.0 Å². The molecule has 0 radical (unpaired) electrons. The molecule has 3 rings (SSSR count). The average Bonchev–Trinajstić information content (AvgIpc) is 3.16. The molecule has 0 bridgehead atoms. The van der Waals surface area contributed by atoms with Gasteiger partial charge < -0.3 is 5.11 Å². The molecule has 1 N–H and O–H groups in total. The van der Waals surface area contributed by atoms with Crippen LogP contribution in [0.5, 0.6) is 0 Å². The largest absolute Gasteiger partial charge is 0.390 e. The fourth-order valence-electron chi connectivity index (χ4n) is 3.41. The predicted molar refractivity (Wildman–Crippen MR) is 89.7 cm³/mol. The van der Waals surface area contributed by atoms with Crippen molar-refractivity contribution in [1.29, 1.82) is 0 Å². The van der Waals surface area contributed by atoms with E-state index in [0.29, 0.717) is 18.5 Å². The standard InChI is InChI=1S/C17H22N4O3/c1-13-7-15(14-5-3-2-4-6-14)9-19(13)11-17(22)12-20-10-16(8-18-20)21(23)24/h2-6,8,10,13,15,17,22H,7,9,11-12H2,1H3. The lowest BCUT2D eigenvalue weighted by molar-refractivity contribution is -0.385. The number of aliphatic hydroxyl groups is 1. The summed E-state index contributed by atoms with van der Waals surface area (Å²) in [6, 6.07) is 10.8. The van der Waals surface area contributed by atoms with Crippen LogP contribution in [-0.2, 0) is 6.54 Å².